The second-order valence-corrected chi connectivity index (χ2v) is 8.31. The average Bonchev–Trinajstić information content (AvgIpc) is 2.76. The third-order valence-corrected chi connectivity index (χ3v) is 6.78. The Hall–Kier alpha value is -0.140. The second-order valence-electron chi connectivity index (χ2n) is 4.90. The standard InChI is InChI=1S/C12H20N2O2S2.ClH/c1-9-6-7-12(17-9)18(15,16)14-8-4-3-5-11(14)10(2)13;/h6-7,10-11H,3-5,8,13H2,1-2H3;1H. The summed E-state index contributed by atoms with van der Waals surface area (Å²) in [6.45, 7) is 4.40. The van der Waals surface area contributed by atoms with Crippen molar-refractivity contribution >= 4 is 33.8 Å². The highest BCUT2D eigenvalue weighted by Gasteiger charge is 2.35. The second kappa shape index (κ2) is 6.54. The maximum atomic E-state index is 12.6. The molecule has 0 aliphatic carbocycles. The van der Waals surface area contributed by atoms with Gasteiger partial charge in [-0.3, -0.25) is 0 Å². The van der Waals surface area contributed by atoms with Crippen molar-refractivity contribution < 1.29 is 8.42 Å². The van der Waals surface area contributed by atoms with Crippen LogP contribution in [0.25, 0.3) is 0 Å². The minimum absolute atomic E-state index is 0. The van der Waals surface area contributed by atoms with Gasteiger partial charge in [0.15, 0.2) is 0 Å². The number of nitrogens with zero attached hydrogens (tertiary/aromatic N) is 1. The van der Waals surface area contributed by atoms with Gasteiger partial charge in [0.2, 0.25) is 0 Å². The number of sulfonamides is 1. The summed E-state index contributed by atoms with van der Waals surface area (Å²) in [5.74, 6) is 0. The van der Waals surface area contributed by atoms with E-state index in [9.17, 15) is 8.42 Å². The van der Waals surface area contributed by atoms with Gasteiger partial charge in [-0.05, 0) is 38.8 Å². The van der Waals surface area contributed by atoms with E-state index in [0.29, 0.717) is 10.8 Å². The molecule has 7 heteroatoms. The maximum Gasteiger partial charge on any atom is 0.252 e. The van der Waals surface area contributed by atoms with Crippen molar-refractivity contribution in [2.75, 3.05) is 6.54 Å². The molecule has 1 saturated heterocycles. The quantitative estimate of drug-likeness (QED) is 0.928. The van der Waals surface area contributed by atoms with E-state index < -0.39 is 10.0 Å². The Labute approximate surface area is 125 Å². The van der Waals surface area contributed by atoms with Crippen LogP contribution in [0.3, 0.4) is 0 Å². The number of nitrogens with two attached hydrogens (primary N) is 1. The number of halogens is 1. The van der Waals surface area contributed by atoms with Crippen LogP contribution in [0.5, 0.6) is 0 Å². The Morgan fingerprint density at radius 3 is 2.63 bits per heavy atom. The monoisotopic (exact) mass is 324 g/mol. The van der Waals surface area contributed by atoms with Crippen molar-refractivity contribution in [3.8, 4) is 0 Å². The first-order valence-electron chi connectivity index (χ1n) is 6.27. The van der Waals surface area contributed by atoms with Crippen molar-refractivity contribution in [2.45, 2.75) is 49.4 Å². The summed E-state index contributed by atoms with van der Waals surface area (Å²) in [7, 11) is -3.36. The Balaban J connectivity index is 0.00000180. The van der Waals surface area contributed by atoms with Crippen molar-refractivity contribution in [2.24, 2.45) is 5.73 Å². The molecule has 4 nitrogen and oxygen atoms in total. The Kier molecular flexibility index (Phi) is 5.82. The number of thiophene rings is 1. The largest absolute Gasteiger partial charge is 0.326 e. The van der Waals surface area contributed by atoms with Gasteiger partial charge in [0.25, 0.3) is 10.0 Å². The minimum atomic E-state index is -3.36. The molecule has 110 valence electrons. The highest BCUT2D eigenvalue weighted by molar-refractivity contribution is 7.91. The highest BCUT2D eigenvalue weighted by atomic mass is 35.5. The third-order valence-electron chi connectivity index (χ3n) is 3.38. The zero-order chi connectivity index (χ0) is 13.3. The summed E-state index contributed by atoms with van der Waals surface area (Å²) < 4.78 is 27.2. The molecule has 1 aliphatic rings. The van der Waals surface area contributed by atoms with Gasteiger partial charge in [-0.1, -0.05) is 6.42 Å². The Bertz CT molecular complexity index is 514. The summed E-state index contributed by atoms with van der Waals surface area (Å²) in [6.07, 6.45) is 2.84. The van der Waals surface area contributed by atoms with Crippen LogP contribution in [-0.2, 0) is 10.0 Å². The molecule has 19 heavy (non-hydrogen) atoms. The molecule has 2 N–H and O–H groups in total. The fourth-order valence-corrected chi connectivity index (χ4v) is 5.61. The number of aryl methyl sites for hydroxylation is 1. The molecule has 1 fully saturated rings. The summed E-state index contributed by atoms with van der Waals surface area (Å²) >= 11 is 1.33. The lowest BCUT2D eigenvalue weighted by atomic mass is 10.00. The predicted molar refractivity (Wildman–Crippen MR) is 81.5 cm³/mol. The summed E-state index contributed by atoms with van der Waals surface area (Å²) in [6, 6.07) is 3.36. The lowest BCUT2D eigenvalue weighted by Gasteiger charge is -2.36. The molecule has 0 spiro atoms. The molecule has 2 rings (SSSR count). The molecule has 2 unspecified atom stereocenters. The van der Waals surface area contributed by atoms with Crippen molar-refractivity contribution in [1.82, 2.24) is 4.31 Å². The van der Waals surface area contributed by atoms with Crippen LogP contribution in [0.15, 0.2) is 16.3 Å². The summed E-state index contributed by atoms with van der Waals surface area (Å²) in [5, 5.41) is 0. The number of rotatable bonds is 3. The van der Waals surface area contributed by atoms with Crippen LogP contribution in [0.1, 0.15) is 31.1 Å². The first-order valence-corrected chi connectivity index (χ1v) is 8.52. The third kappa shape index (κ3) is 3.49. The number of hydrogen-bond donors (Lipinski definition) is 1. The van der Waals surface area contributed by atoms with Gasteiger partial charge in [0.1, 0.15) is 4.21 Å². The molecule has 0 radical (unpaired) electrons. The number of hydrogen-bond acceptors (Lipinski definition) is 4. The maximum absolute atomic E-state index is 12.6. The molecule has 0 amide bonds. The van der Waals surface area contributed by atoms with E-state index in [1.165, 1.54) is 11.3 Å². The molecular weight excluding hydrogens is 304 g/mol. The first kappa shape index (κ1) is 16.9. The van der Waals surface area contributed by atoms with E-state index in [1.807, 2.05) is 19.9 Å². The minimum Gasteiger partial charge on any atom is -0.326 e. The fourth-order valence-electron chi connectivity index (χ4n) is 2.42. The molecule has 2 atom stereocenters. The van der Waals surface area contributed by atoms with E-state index in [1.54, 1.807) is 10.4 Å². The molecule has 0 bridgehead atoms. The zero-order valence-electron chi connectivity index (χ0n) is 11.2. The molecule has 0 saturated carbocycles. The zero-order valence-corrected chi connectivity index (χ0v) is 13.7. The highest BCUT2D eigenvalue weighted by Crippen LogP contribution is 2.30. The van der Waals surface area contributed by atoms with Gasteiger partial charge >= 0.3 is 0 Å². The molecule has 1 aromatic rings. The first-order chi connectivity index (χ1) is 8.43. The van der Waals surface area contributed by atoms with Crippen molar-refractivity contribution in [1.29, 1.82) is 0 Å². The van der Waals surface area contributed by atoms with E-state index in [2.05, 4.69) is 0 Å². The van der Waals surface area contributed by atoms with Crippen molar-refractivity contribution in [3.63, 3.8) is 0 Å². The molecular formula is C12H21ClN2O2S2. The summed E-state index contributed by atoms with van der Waals surface area (Å²) in [5.41, 5.74) is 5.93. The smallest absolute Gasteiger partial charge is 0.252 e. The van der Waals surface area contributed by atoms with Gasteiger partial charge in [-0.25, -0.2) is 8.42 Å². The topological polar surface area (TPSA) is 63.4 Å². The van der Waals surface area contributed by atoms with Crippen LogP contribution >= 0.6 is 23.7 Å². The fraction of sp³-hybridized carbons (Fsp3) is 0.667. The van der Waals surface area contributed by atoms with Gasteiger partial charge < -0.3 is 5.73 Å². The van der Waals surface area contributed by atoms with Crippen LogP contribution < -0.4 is 5.73 Å². The van der Waals surface area contributed by atoms with E-state index in [4.69, 9.17) is 5.73 Å². The Morgan fingerprint density at radius 2 is 2.11 bits per heavy atom. The molecule has 0 aromatic carbocycles. The normalized spacial score (nSPS) is 22.8. The molecule has 2 heterocycles. The van der Waals surface area contributed by atoms with E-state index in [-0.39, 0.29) is 24.5 Å². The SMILES string of the molecule is Cc1ccc(S(=O)(=O)N2CCCCC2C(C)N)s1.Cl. The lowest BCUT2D eigenvalue weighted by molar-refractivity contribution is 0.227. The predicted octanol–water partition coefficient (Wildman–Crippen LogP) is 2.37. The van der Waals surface area contributed by atoms with Crippen LogP contribution in [0, 0.1) is 6.92 Å². The van der Waals surface area contributed by atoms with Gasteiger partial charge in [0.05, 0.1) is 0 Å². The van der Waals surface area contributed by atoms with E-state index >= 15 is 0 Å². The summed E-state index contributed by atoms with van der Waals surface area (Å²) in [4.78, 5) is 1.02. The van der Waals surface area contributed by atoms with Crippen LogP contribution in [0.2, 0.25) is 0 Å². The van der Waals surface area contributed by atoms with Crippen LogP contribution in [0.4, 0.5) is 0 Å². The van der Waals surface area contributed by atoms with Gasteiger partial charge in [-0.2, -0.15) is 4.31 Å². The lowest BCUT2D eigenvalue weighted by Crippen LogP contribution is -2.51. The van der Waals surface area contributed by atoms with Gasteiger partial charge in [-0.15, -0.1) is 23.7 Å². The average molecular weight is 325 g/mol. The number of piperidine rings is 1. The molecule has 1 aliphatic heterocycles. The van der Waals surface area contributed by atoms with Crippen molar-refractivity contribution in [3.05, 3.63) is 17.0 Å². The van der Waals surface area contributed by atoms with Gasteiger partial charge in [0, 0.05) is 23.5 Å². The van der Waals surface area contributed by atoms with Crippen LogP contribution in [-0.4, -0.2) is 31.4 Å². The van der Waals surface area contributed by atoms with E-state index in [0.717, 1.165) is 24.1 Å². The Morgan fingerprint density at radius 1 is 1.42 bits per heavy atom. The molecule has 1 aromatic heterocycles.